The lowest BCUT2D eigenvalue weighted by Gasteiger charge is -2.45. The first-order valence-corrected chi connectivity index (χ1v) is 18.7. The fourth-order valence-corrected chi connectivity index (χ4v) is 7.12. The highest BCUT2D eigenvalue weighted by Gasteiger charge is 2.43. The van der Waals surface area contributed by atoms with Crippen molar-refractivity contribution in [3.05, 3.63) is 99.5 Å². The molecule has 9 nitrogen and oxygen atoms in total. The van der Waals surface area contributed by atoms with Crippen LogP contribution < -0.4 is 14.8 Å². The van der Waals surface area contributed by atoms with E-state index in [1.807, 2.05) is 53.4 Å². The van der Waals surface area contributed by atoms with E-state index < -0.39 is 11.4 Å². The number of benzene rings is 3. The zero-order valence-corrected chi connectivity index (χ0v) is 31.3. The van der Waals surface area contributed by atoms with Gasteiger partial charge in [0.25, 0.3) is 5.91 Å². The highest BCUT2D eigenvalue weighted by molar-refractivity contribution is 9.10. The highest BCUT2D eigenvalue weighted by atomic mass is 79.9. The number of halogens is 1. The van der Waals surface area contributed by atoms with Gasteiger partial charge in [-0.1, -0.05) is 57.9 Å². The lowest BCUT2D eigenvalue weighted by molar-refractivity contribution is -0.148. The van der Waals surface area contributed by atoms with Crippen LogP contribution in [-0.4, -0.2) is 83.7 Å². The van der Waals surface area contributed by atoms with Crippen LogP contribution in [0.25, 0.3) is 5.57 Å². The largest absolute Gasteiger partial charge is 0.490 e. The quantitative estimate of drug-likeness (QED) is 0.167. The Labute approximate surface area is 309 Å². The van der Waals surface area contributed by atoms with Gasteiger partial charge in [0, 0.05) is 48.2 Å². The average molecular weight is 759 g/mol. The van der Waals surface area contributed by atoms with Gasteiger partial charge in [-0.25, -0.2) is 0 Å². The molecular weight excluding hydrogens is 710 g/mol. The van der Waals surface area contributed by atoms with Gasteiger partial charge in [0.1, 0.15) is 24.7 Å². The molecule has 2 aliphatic heterocycles. The van der Waals surface area contributed by atoms with Crippen LogP contribution in [0.2, 0.25) is 0 Å². The molecule has 0 unspecified atom stereocenters. The number of rotatable bonds is 15. The second-order valence-electron chi connectivity index (χ2n) is 14.6. The van der Waals surface area contributed by atoms with Gasteiger partial charge in [0.2, 0.25) is 5.91 Å². The maximum absolute atomic E-state index is 14.7. The Morgan fingerprint density at radius 3 is 2.16 bits per heavy atom. The van der Waals surface area contributed by atoms with Crippen LogP contribution in [0.1, 0.15) is 62.6 Å². The van der Waals surface area contributed by atoms with E-state index in [0.29, 0.717) is 39.3 Å². The van der Waals surface area contributed by atoms with Crippen molar-refractivity contribution in [2.45, 2.75) is 77.4 Å². The number of carbonyl (C=O) groups excluding carboxylic acids is 2. The van der Waals surface area contributed by atoms with Gasteiger partial charge in [-0.3, -0.25) is 14.4 Å². The smallest absolute Gasteiger partial charge is 0.309 e. The van der Waals surface area contributed by atoms with Crippen LogP contribution in [0.4, 0.5) is 0 Å². The number of aryl methyl sites for hydroxylation is 1. The van der Waals surface area contributed by atoms with Crippen molar-refractivity contribution in [1.29, 1.82) is 0 Å². The zero-order chi connectivity index (χ0) is 36.1. The van der Waals surface area contributed by atoms with Crippen LogP contribution in [0, 0.1) is 12.3 Å². The van der Waals surface area contributed by atoms with E-state index in [9.17, 15) is 19.5 Å². The number of hydrogen-bond acceptors (Lipinski definition) is 6. The molecule has 0 radical (unpaired) electrons. The van der Waals surface area contributed by atoms with E-state index in [0.717, 1.165) is 51.9 Å². The number of amides is 2. The second kappa shape index (κ2) is 16.0. The van der Waals surface area contributed by atoms with Crippen LogP contribution in [0.3, 0.4) is 0 Å². The van der Waals surface area contributed by atoms with Crippen molar-refractivity contribution in [1.82, 2.24) is 15.1 Å². The fraction of sp³-hybridized carbons (Fsp3) is 0.439. The Morgan fingerprint density at radius 2 is 1.55 bits per heavy atom. The Morgan fingerprint density at radius 1 is 0.922 bits per heavy atom. The molecule has 2 atom stereocenters. The Bertz CT molecular complexity index is 1730. The molecule has 6 rings (SSSR count). The third-order valence-electron chi connectivity index (χ3n) is 10.2. The Hall–Kier alpha value is -4.15. The molecular formula is C41H48BrN3O6. The topological polar surface area (TPSA) is 108 Å². The van der Waals surface area contributed by atoms with Gasteiger partial charge in [-0.2, -0.15) is 0 Å². The molecule has 3 aliphatic rings. The minimum atomic E-state index is -0.988. The Kier molecular flexibility index (Phi) is 11.5. The standard InChI is InChI=1S/C41H48BrN3O6/c1-27-4-6-28(7-5-27)19-21-45(32-12-13-32)39(47)38-35(24-31-25-44(26-36(38)43-31)37(46)18-20-41(2,3)40(48)49)29-8-14-33(15-9-29)50-22-23-51-34-16-10-30(42)11-17-34/h4-11,14-17,31-32,36,43H,12-13,18-26H2,1-3H3,(H,48,49)/t31-,36-/m1/s1. The molecule has 2 amide bonds. The minimum absolute atomic E-state index is 0.0275. The number of hydrogen-bond donors (Lipinski definition) is 2. The number of nitrogens with zero attached hydrogens (tertiary/aromatic N) is 2. The number of aliphatic carboxylic acids is 1. The molecule has 3 aromatic rings. The third kappa shape index (κ3) is 9.40. The Balaban J connectivity index is 1.21. The molecule has 0 aromatic heterocycles. The summed E-state index contributed by atoms with van der Waals surface area (Å²) in [6, 6.07) is 24.0. The average Bonchev–Trinajstić information content (AvgIpc) is 3.96. The third-order valence-corrected chi connectivity index (χ3v) is 10.7. The van der Waals surface area contributed by atoms with Crippen molar-refractivity contribution in [2.24, 2.45) is 5.41 Å². The summed E-state index contributed by atoms with van der Waals surface area (Å²) in [6.45, 7) is 7.67. The van der Waals surface area contributed by atoms with Crippen LogP contribution in [0.15, 0.2) is 82.8 Å². The summed E-state index contributed by atoms with van der Waals surface area (Å²) in [6.07, 6.45) is 3.76. The normalized spacial score (nSPS) is 18.7. The number of carbonyl (C=O) groups is 3. The molecule has 10 heteroatoms. The van der Waals surface area contributed by atoms with E-state index in [1.54, 1.807) is 13.8 Å². The maximum atomic E-state index is 14.7. The van der Waals surface area contributed by atoms with Crippen molar-refractivity contribution in [3.8, 4) is 11.5 Å². The maximum Gasteiger partial charge on any atom is 0.309 e. The zero-order valence-electron chi connectivity index (χ0n) is 29.7. The molecule has 1 aliphatic carbocycles. The molecule has 1 saturated carbocycles. The van der Waals surface area contributed by atoms with Crippen LogP contribution >= 0.6 is 15.9 Å². The minimum Gasteiger partial charge on any atom is -0.490 e. The lowest BCUT2D eigenvalue weighted by Crippen LogP contribution is -2.62. The van der Waals surface area contributed by atoms with Crippen molar-refractivity contribution < 1.29 is 29.0 Å². The van der Waals surface area contributed by atoms with Gasteiger partial charge in [0.15, 0.2) is 0 Å². The van der Waals surface area contributed by atoms with Crippen molar-refractivity contribution >= 4 is 39.3 Å². The first-order chi connectivity index (χ1) is 24.5. The summed E-state index contributed by atoms with van der Waals surface area (Å²) in [5, 5.41) is 13.3. The van der Waals surface area contributed by atoms with Crippen LogP contribution in [0.5, 0.6) is 11.5 Å². The summed E-state index contributed by atoms with van der Waals surface area (Å²) in [7, 11) is 0. The molecule has 3 aromatic carbocycles. The molecule has 2 N–H and O–H groups in total. The van der Waals surface area contributed by atoms with Crippen molar-refractivity contribution in [2.75, 3.05) is 32.8 Å². The van der Waals surface area contributed by atoms with Gasteiger partial charge in [0.05, 0.1) is 11.5 Å². The lowest BCUT2D eigenvalue weighted by atomic mass is 9.82. The molecule has 270 valence electrons. The predicted molar refractivity (Wildman–Crippen MR) is 201 cm³/mol. The molecule has 2 bridgehead atoms. The molecule has 2 heterocycles. The van der Waals surface area contributed by atoms with E-state index >= 15 is 0 Å². The predicted octanol–water partition coefficient (Wildman–Crippen LogP) is 6.67. The van der Waals surface area contributed by atoms with E-state index in [1.165, 1.54) is 11.1 Å². The molecule has 51 heavy (non-hydrogen) atoms. The molecule has 0 spiro atoms. The number of fused-ring (bicyclic) bond motifs is 2. The SMILES string of the molecule is Cc1ccc(CCN(C(=O)C2=C(c3ccc(OCCOc4ccc(Br)cc4)cc3)C[C@@H]3CN(C(=O)CCC(C)(C)C(=O)O)C[C@H]2N3)C2CC2)cc1. The number of carboxylic acids is 1. The number of ether oxygens (including phenoxy) is 2. The van der Waals surface area contributed by atoms with E-state index in [4.69, 9.17) is 9.47 Å². The summed E-state index contributed by atoms with van der Waals surface area (Å²) in [5.41, 5.74) is 4.14. The van der Waals surface area contributed by atoms with Crippen molar-refractivity contribution in [3.63, 3.8) is 0 Å². The highest BCUT2D eigenvalue weighted by Crippen LogP contribution is 2.37. The number of nitrogens with one attached hydrogen (secondary N) is 1. The van der Waals surface area contributed by atoms with E-state index in [2.05, 4.69) is 57.3 Å². The van der Waals surface area contributed by atoms with Gasteiger partial charge >= 0.3 is 5.97 Å². The number of piperazine rings is 1. The fourth-order valence-electron chi connectivity index (χ4n) is 6.85. The van der Waals surface area contributed by atoms with Crippen LogP contribution in [-0.2, 0) is 20.8 Å². The summed E-state index contributed by atoms with van der Waals surface area (Å²) < 4.78 is 12.8. The summed E-state index contributed by atoms with van der Waals surface area (Å²) in [4.78, 5) is 43.8. The van der Waals surface area contributed by atoms with Gasteiger partial charge in [-0.15, -0.1) is 0 Å². The number of carboxylic acid groups (broad SMARTS) is 1. The van der Waals surface area contributed by atoms with E-state index in [-0.39, 0.29) is 42.8 Å². The summed E-state index contributed by atoms with van der Waals surface area (Å²) in [5.74, 6) is 0.548. The monoisotopic (exact) mass is 757 g/mol. The molecule has 2 fully saturated rings. The van der Waals surface area contributed by atoms with Gasteiger partial charge < -0.3 is 29.7 Å². The second-order valence-corrected chi connectivity index (χ2v) is 15.6. The summed E-state index contributed by atoms with van der Waals surface area (Å²) >= 11 is 3.43. The van der Waals surface area contributed by atoms with Gasteiger partial charge in [-0.05, 0) is 106 Å². The molecule has 1 saturated heterocycles. The first-order valence-electron chi connectivity index (χ1n) is 18.0. The first kappa shape index (κ1) is 36.6.